The van der Waals surface area contributed by atoms with Crippen molar-refractivity contribution in [1.29, 1.82) is 0 Å². The van der Waals surface area contributed by atoms with Crippen LogP contribution < -0.4 is 15.6 Å². The number of nitrogens with one attached hydrogen (secondary N) is 1. The maximum absolute atomic E-state index is 12.5. The molecule has 6 nitrogen and oxygen atoms in total. The minimum atomic E-state index is -4.16. The van der Waals surface area contributed by atoms with Gasteiger partial charge in [0.2, 0.25) is 0 Å². The zero-order valence-corrected chi connectivity index (χ0v) is 14.3. The lowest BCUT2D eigenvalue weighted by Gasteiger charge is -2.21. The molecule has 0 aliphatic carbocycles. The van der Waals surface area contributed by atoms with E-state index < -0.39 is 16.1 Å². The van der Waals surface area contributed by atoms with Gasteiger partial charge >= 0.3 is 6.03 Å². The summed E-state index contributed by atoms with van der Waals surface area (Å²) in [5.41, 5.74) is 6.38. The van der Waals surface area contributed by atoms with Crippen LogP contribution in [0.3, 0.4) is 0 Å². The number of hydrogen-bond donors (Lipinski definition) is 2. The van der Waals surface area contributed by atoms with E-state index in [4.69, 9.17) is 28.9 Å². The highest BCUT2D eigenvalue weighted by Crippen LogP contribution is 2.25. The number of anilines is 1. The molecule has 0 aliphatic rings. The van der Waals surface area contributed by atoms with Gasteiger partial charge in [0, 0.05) is 5.02 Å². The van der Waals surface area contributed by atoms with E-state index >= 15 is 0 Å². The van der Waals surface area contributed by atoms with Crippen molar-refractivity contribution < 1.29 is 13.2 Å². The molecule has 0 saturated heterocycles. The van der Waals surface area contributed by atoms with Crippen LogP contribution in [0.15, 0.2) is 47.4 Å². The summed E-state index contributed by atoms with van der Waals surface area (Å²) in [6, 6.07) is 9.60. The van der Waals surface area contributed by atoms with Gasteiger partial charge in [0.25, 0.3) is 10.0 Å². The van der Waals surface area contributed by atoms with Crippen molar-refractivity contribution >= 4 is 44.9 Å². The van der Waals surface area contributed by atoms with Crippen LogP contribution in [-0.4, -0.2) is 14.4 Å². The number of halogens is 2. The van der Waals surface area contributed by atoms with Gasteiger partial charge in [-0.2, -0.15) is 0 Å². The van der Waals surface area contributed by atoms with Crippen molar-refractivity contribution in [1.82, 2.24) is 4.83 Å². The number of aryl methyl sites for hydroxylation is 1. The summed E-state index contributed by atoms with van der Waals surface area (Å²) >= 11 is 11.7. The number of nitrogens with zero attached hydrogens (tertiary/aromatic N) is 1. The van der Waals surface area contributed by atoms with Crippen LogP contribution in [0.25, 0.3) is 0 Å². The van der Waals surface area contributed by atoms with Crippen molar-refractivity contribution in [2.45, 2.75) is 11.8 Å². The molecule has 0 fully saturated rings. The van der Waals surface area contributed by atoms with Gasteiger partial charge in [0.1, 0.15) is 4.90 Å². The second-order valence-corrected chi connectivity index (χ2v) is 7.16. The standard InChI is InChI=1S/C14H13Cl2N3O3S/c1-9-3-2-4-11(7-9)19(14(17)20)18-23(21,22)13-8-10(15)5-6-12(13)16/h2-8,18H,1H3,(H2,17,20). The average molecular weight is 374 g/mol. The summed E-state index contributed by atoms with van der Waals surface area (Å²) in [6.45, 7) is 1.80. The van der Waals surface area contributed by atoms with E-state index in [1.807, 2.05) is 0 Å². The van der Waals surface area contributed by atoms with Crippen molar-refractivity contribution in [3.63, 3.8) is 0 Å². The molecule has 0 bridgehead atoms. The van der Waals surface area contributed by atoms with E-state index in [1.165, 1.54) is 18.2 Å². The Morgan fingerprint density at radius 2 is 1.87 bits per heavy atom. The van der Waals surface area contributed by atoms with E-state index in [9.17, 15) is 13.2 Å². The molecule has 2 aromatic rings. The van der Waals surface area contributed by atoms with E-state index in [0.717, 1.165) is 10.6 Å². The lowest BCUT2D eigenvalue weighted by Crippen LogP contribution is -2.49. The van der Waals surface area contributed by atoms with Crippen LogP contribution in [0.2, 0.25) is 10.0 Å². The molecule has 0 heterocycles. The number of amides is 2. The fourth-order valence-electron chi connectivity index (χ4n) is 1.84. The third-order valence-electron chi connectivity index (χ3n) is 2.87. The van der Waals surface area contributed by atoms with Gasteiger partial charge in [-0.05, 0) is 42.8 Å². The third-order valence-corrected chi connectivity index (χ3v) is 4.89. The van der Waals surface area contributed by atoms with Crippen LogP contribution >= 0.6 is 23.2 Å². The average Bonchev–Trinajstić information content (AvgIpc) is 2.47. The van der Waals surface area contributed by atoms with Gasteiger partial charge in [-0.3, -0.25) is 0 Å². The van der Waals surface area contributed by atoms with Crippen molar-refractivity contribution in [3.8, 4) is 0 Å². The maximum Gasteiger partial charge on any atom is 0.334 e. The van der Waals surface area contributed by atoms with Crippen LogP contribution in [-0.2, 0) is 10.0 Å². The predicted octanol–water partition coefficient (Wildman–Crippen LogP) is 3.08. The highest BCUT2D eigenvalue weighted by Gasteiger charge is 2.24. The van der Waals surface area contributed by atoms with Gasteiger partial charge in [-0.25, -0.2) is 18.2 Å². The number of primary amides is 1. The molecule has 0 aliphatic heterocycles. The third kappa shape index (κ3) is 4.14. The molecule has 0 unspecified atom stereocenters. The maximum atomic E-state index is 12.5. The van der Waals surface area contributed by atoms with Crippen molar-refractivity contribution in [2.75, 3.05) is 5.01 Å². The molecule has 23 heavy (non-hydrogen) atoms. The summed E-state index contributed by atoms with van der Waals surface area (Å²) in [7, 11) is -4.16. The largest absolute Gasteiger partial charge is 0.350 e. The quantitative estimate of drug-likeness (QED) is 0.806. The molecule has 2 aromatic carbocycles. The Kier molecular flexibility index (Phi) is 5.16. The molecule has 2 rings (SSSR count). The molecule has 3 N–H and O–H groups in total. The fourth-order valence-corrected chi connectivity index (χ4v) is 3.64. The van der Waals surface area contributed by atoms with Gasteiger partial charge in [-0.1, -0.05) is 35.3 Å². The Hall–Kier alpha value is -1.80. The minimum absolute atomic E-state index is 0.0319. The SMILES string of the molecule is Cc1cccc(N(NS(=O)(=O)c2cc(Cl)ccc2Cl)C(N)=O)c1. The fraction of sp³-hybridized carbons (Fsp3) is 0.0714. The van der Waals surface area contributed by atoms with Crippen LogP contribution in [0, 0.1) is 6.92 Å². The molecule has 0 saturated carbocycles. The van der Waals surface area contributed by atoms with E-state index in [2.05, 4.69) is 4.83 Å². The number of hydrogen-bond acceptors (Lipinski definition) is 3. The van der Waals surface area contributed by atoms with E-state index in [0.29, 0.717) is 0 Å². The minimum Gasteiger partial charge on any atom is -0.350 e. The smallest absolute Gasteiger partial charge is 0.334 e. The molecule has 0 aromatic heterocycles. The number of urea groups is 1. The normalized spacial score (nSPS) is 11.3. The van der Waals surface area contributed by atoms with E-state index in [1.54, 1.807) is 31.2 Å². The Labute approximate surface area is 143 Å². The molecule has 9 heteroatoms. The molecule has 0 spiro atoms. The lowest BCUT2D eigenvalue weighted by atomic mass is 10.2. The first-order valence-electron chi connectivity index (χ1n) is 6.34. The number of nitrogens with two attached hydrogens (primary N) is 1. The number of benzene rings is 2. The first-order valence-corrected chi connectivity index (χ1v) is 8.58. The predicted molar refractivity (Wildman–Crippen MR) is 90.0 cm³/mol. The monoisotopic (exact) mass is 373 g/mol. The number of carbonyl (C=O) groups is 1. The number of sulfonamides is 1. The van der Waals surface area contributed by atoms with Gasteiger partial charge < -0.3 is 5.73 Å². The zero-order valence-electron chi connectivity index (χ0n) is 12.0. The Balaban J connectivity index is 2.43. The van der Waals surface area contributed by atoms with Crippen molar-refractivity contribution in [3.05, 3.63) is 58.1 Å². The Morgan fingerprint density at radius 3 is 2.48 bits per heavy atom. The summed E-state index contributed by atoms with van der Waals surface area (Å²) in [4.78, 5) is 13.5. The molecule has 0 atom stereocenters. The van der Waals surface area contributed by atoms with Gasteiger partial charge in [0.05, 0.1) is 10.7 Å². The highest BCUT2D eigenvalue weighted by atomic mass is 35.5. The number of hydrazine groups is 1. The summed E-state index contributed by atoms with van der Waals surface area (Å²) < 4.78 is 24.9. The molecular weight excluding hydrogens is 361 g/mol. The van der Waals surface area contributed by atoms with Gasteiger partial charge in [-0.15, -0.1) is 4.83 Å². The lowest BCUT2D eigenvalue weighted by molar-refractivity contribution is 0.253. The Morgan fingerprint density at radius 1 is 1.17 bits per heavy atom. The van der Waals surface area contributed by atoms with Gasteiger partial charge in [0.15, 0.2) is 0 Å². The summed E-state index contributed by atoms with van der Waals surface area (Å²) in [5.74, 6) is 0. The molecule has 2 amide bonds. The highest BCUT2D eigenvalue weighted by molar-refractivity contribution is 7.89. The first-order chi connectivity index (χ1) is 10.7. The second kappa shape index (κ2) is 6.76. The Bertz CT molecular complexity index is 856. The first kappa shape index (κ1) is 17.6. The molecular formula is C14H13Cl2N3O3S. The van der Waals surface area contributed by atoms with Crippen LogP contribution in [0.1, 0.15) is 5.56 Å². The summed E-state index contributed by atoms with van der Waals surface area (Å²) in [5, 5.41) is 0.881. The number of carbonyl (C=O) groups excluding carboxylic acids is 1. The molecule has 122 valence electrons. The summed E-state index contributed by atoms with van der Waals surface area (Å²) in [6.07, 6.45) is 0. The van der Waals surface area contributed by atoms with Crippen LogP contribution in [0.4, 0.5) is 10.5 Å². The zero-order chi connectivity index (χ0) is 17.2. The number of rotatable bonds is 4. The second-order valence-electron chi connectivity index (χ2n) is 4.68. The topological polar surface area (TPSA) is 92.5 Å². The van der Waals surface area contributed by atoms with E-state index in [-0.39, 0.29) is 20.6 Å². The van der Waals surface area contributed by atoms with Crippen molar-refractivity contribution in [2.24, 2.45) is 5.73 Å². The van der Waals surface area contributed by atoms with Crippen LogP contribution in [0.5, 0.6) is 0 Å². The molecule has 0 radical (unpaired) electrons.